The van der Waals surface area contributed by atoms with Crippen LogP contribution in [0.1, 0.15) is 57.2 Å². The molecule has 1 heterocycles. The number of amides is 1. The molecule has 2 fully saturated rings. The van der Waals surface area contributed by atoms with Crippen LogP contribution in [0.25, 0.3) is 5.69 Å². The van der Waals surface area contributed by atoms with E-state index in [4.69, 9.17) is 0 Å². The molecule has 0 bridgehead atoms. The molecule has 2 aliphatic carbocycles. The maximum atomic E-state index is 12.7. The average molecular weight is 385 g/mol. The fourth-order valence-electron chi connectivity index (χ4n) is 3.86. The lowest BCUT2D eigenvalue weighted by Crippen LogP contribution is -2.40. The van der Waals surface area contributed by atoms with Gasteiger partial charge >= 0.3 is 0 Å². The third kappa shape index (κ3) is 4.21. The van der Waals surface area contributed by atoms with Crippen LogP contribution < -0.4 is 0 Å². The Labute approximate surface area is 165 Å². The smallest absolute Gasteiger partial charge is 0.233 e. The molecule has 5 nitrogen and oxygen atoms in total. The zero-order valence-corrected chi connectivity index (χ0v) is 17.0. The summed E-state index contributed by atoms with van der Waals surface area (Å²) in [6.07, 6.45) is 7.06. The second-order valence-electron chi connectivity index (χ2n) is 7.99. The van der Waals surface area contributed by atoms with Gasteiger partial charge in [0.2, 0.25) is 5.91 Å². The summed E-state index contributed by atoms with van der Waals surface area (Å²) in [7, 11) is 1.96. The zero-order valence-electron chi connectivity index (χ0n) is 16.2. The molecule has 4 rings (SSSR count). The molecule has 0 saturated heterocycles. The molecule has 1 amide bonds. The molecular weight excluding hydrogens is 356 g/mol. The molecule has 1 aromatic heterocycles. The fraction of sp³-hybridized carbons (Fsp3) is 0.571. The number of benzene rings is 1. The number of thioether (sulfide) groups is 1. The quantitative estimate of drug-likeness (QED) is 0.698. The van der Waals surface area contributed by atoms with Gasteiger partial charge in [-0.2, -0.15) is 0 Å². The van der Waals surface area contributed by atoms with Crippen LogP contribution in [0.4, 0.5) is 0 Å². The van der Waals surface area contributed by atoms with Gasteiger partial charge < -0.3 is 4.90 Å². The number of hydrogen-bond acceptors (Lipinski definition) is 4. The predicted molar refractivity (Wildman–Crippen MR) is 108 cm³/mol. The maximum Gasteiger partial charge on any atom is 0.233 e. The topological polar surface area (TPSA) is 51.0 Å². The van der Waals surface area contributed by atoms with E-state index >= 15 is 0 Å². The number of nitrogens with zero attached hydrogens (tertiary/aromatic N) is 4. The summed E-state index contributed by atoms with van der Waals surface area (Å²) in [5, 5.41) is 9.68. The van der Waals surface area contributed by atoms with E-state index in [2.05, 4.69) is 33.8 Å². The molecule has 0 unspecified atom stereocenters. The molecule has 0 aliphatic heterocycles. The normalized spacial score (nSPS) is 22.6. The molecule has 144 valence electrons. The summed E-state index contributed by atoms with van der Waals surface area (Å²) < 4.78 is 2.14. The van der Waals surface area contributed by atoms with Crippen molar-refractivity contribution in [2.75, 3.05) is 12.8 Å². The summed E-state index contributed by atoms with van der Waals surface area (Å²) >= 11 is 1.51. The van der Waals surface area contributed by atoms with Crippen LogP contribution in [0.5, 0.6) is 0 Å². The lowest BCUT2D eigenvalue weighted by Gasteiger charge is -2.33. The Morgan fingerprint density at radius 2 is 1.81 bits per heavy atom. The maximum absolute atomic E-state index is 12.7. The van der Waals surface area contributed by atoms with Crippen molar-refractivity contribution in [2.24, 2.45) is 5.92 Å². The van der Waals surface area contributed by atoms with Gasteiger partial charge in [-0.1, -0.05) is 36.9 Å². The van der Waals surface area contributed by atoms with E-state index < -0.39 is 0 Å². The number of para-hydroxylation sites is 1. The number of hydrogen-bond donors (Lipinski definition) is 0. The first kappa shape index (κ1) is 18.5. The molecule has 0 spiro atoms. The summed E-state index contributed by atoms with van der Waals surface area (Å²) in [4.78, 5) is 14.7. The van der Waals surface area contributed by atoms with Gasteiger partial charge in [0.25, 0.3) is 0 Å². The fourth-order valence-corrected chi connectivity index (χ4v) is 4.74. The van der Waals surface area contributed by atoms with Crippen molar-refractivity contribution in [3.8, 4) is 5.69 Å². The van der Waals surface area contributed by atoms with E-state index in [-0.39, 0.29) is 5.91 Å². The van der Waals surface area contributed by atoms with Gasteiger partial charge in [0.05, 0.1) is 5.75 Å². The summed E-state index contributed by atoms with van der Waals surface area (Å²) in [5.41, 5.74) is 1.08. The first-order chi connectivity index (χ1) is 13.1. The number of aromatic nitrogens is 3. The Hall–Kier alpha value is -1.82. The van der Waals surface area contributed by atoms with Crippen molar-refractivity contribution in [2.45, 2.75) is 62.6 Å². The largest absolute Gasteiger partial charge is 0.342 e. The molecule has 2 saturated carbocycles. The van der Waals surface area contributed by atoms with Crippen molar-refractivity contribution >= 4 is 17.7 Å². The number of rotatable bonds is 6. The highest BCUT2D eigenvalue weighted by Gasteiger charge is 2.31. The van der Waals surface area contributed by atoms with E-state index in [1.165, 1.54) is 37.4 Å². The number of carbonyl (C=O) groups excluding carboxylic acids is 1. The van der Waals surface area contributed by atoms with E-state index in [9.17, 15) is 4.79 Å². The van der Waals surface area contributed by atoms with Crippen molar-refractivity contribution in [1.29, 1.82) is 0 Å². The Bertz CT molecular complexity index is 779. The lowest BCUT2D eigenvalue weighted by molar-refractivity contribution is -0.129. The van der Waals surface area contributed by atoms with Gasteiger partial charge in [-0.15, -0.1) is 10.2 Å². The third-order valence-electron chi connectivity index (χ3n) is 5.87. The molecule has 2 aromatic rings. The molecule has 0 radical (unpaired) electrons. The van der Waals surface area contributed by atoms with E-state index in [0.29, 0.717) is 17.7 Å². The van der Waals surface area contributed by atoms with Gasteiger partial charge in [0.1, 0.15) is 5.82 Å². The van der Waals surface area contributed by atoms with Crippen LogP contribution in [0.2, 0.25) is 0 Å². The highest BCUT2D eigenvalue weighted by Crippen LogP contribution is 2.41. The molecular formula is C21H28N4OS. The van der Waals surface area contributed by atoms with E-state index in [1.54, 1.807) is 0 Å². The molecule has 0 atom stereocenters. The highest BCUT2D eigenvalue weighted by molar-refractivity contribution is 7.99. The van der Waals surface area contributed by atoms with Crippen LogP contribution in [0, 0.1) is 5.92 Å². The van der Waals surface area contributed by atoms with Crippen molar-refractivity contribution in [3.63, 3.8) is 0 Å². The Kier molecular flexibility index (Phi) is 5.53. The second kappa shape index (κ2) is 8.05. The van der Waals surface area contributed by atoms with Crippen LogP contribution in [-0.2, 0) is 4.79 Å². The Morgan fingerprint density at radius 3 is 2.48 bits per heavy atom. The number of carbonyl (C=O) groups is 1. The standard InChI is InChI=1S/C21H28N4OS/c1-15-8-12-17(13-9-15)24(2)19(26)14-27-21-23-22-20(16-10-11-16)25(21)18-6-4-3-5-7-18/h3-7,15-17H,8-14H2,1-2H3. The first-order valence-electron chi connectivity index (χ1n) is 10.0. The Balaban J connectivity index is 1.44. The van der Waals surface area contributed by atoms with Crippen LogP contribution in [0.15, 0.2) is 35.5 Å². The monoisotopic (exact) mass is 384 g/mol. The SMILES string of the molecule is CC1CCC(N(C)C(=O)CSc2nnc(C3CC3)n2-c2ccccc2)CC1. The van der Waals surface area contributed by atoms with Gasteiger partial charge in [0, 0.05) is 24.7 Å². The lowest BCUT2D eigenvalue weighted by atomic mass is 9.87. The van der Waals surface area contributed by atoms with Crippen LogP contribution in [-0.4, -0.2) is 44.4 Å². The molecule has 2 aliphatic rings. The second-order valence-corrected chi connectivity index (χ2v) is 8.94. The van der Waals surface area contributed by atoms with Crippen LogP contribution in [0.3, 0.4) is 0 Å². The molecule has 1 aromatic carbocycles. The molecule has 27 heavy (non-hydrogen) atoms. The van der Waals surface area contributed by atoms with E-state index in [1.807, 2.05) is 30.1 Å². The average Bonchev–Trinajstić information content (AvgIpc) is 3.46. The summed E-state index contributed by atoms with van der Waals surface area (Å²) in [6.45, 7) is 2.31. The van der Waals surface area contributed by atoms with Crippen molar-refractivity contribution in [1.82, 2.24) is 19.7 Å². The molecule has 0 N–H and O–H groups in total. The van der Waals surface area contributed by atoms with Crippen molar-refractivity contribution < 1.29 is 4.79 Å². The minimum atomic E-state index is 0.190. The zero-order chi connectivity index (χ0) is 18.8. The third-order valence-corrected chi connectivity index (χ3v) is 6.78. The van der Waals surface area contributed by atoms with Crippen LogP contribution >= 0.6 is 11.8 Å². The minimum Gasteiger partial charge on any atom is -0.342 e. The Morgan fingerprint density at radius 1 is 1.11 bits per heavy atom. The van der Waals surface area contributed by atoms with Gasteiger partial charge in [-0.25, -0.2) is 0 Å². The van der Waals surface area contributed by atoms with Gasteiger partial charge in [-0.05, 0) is 56.6 Å². The highest BCUT2D eigenvalue weighted by atomic mass is 32.2. The first-order valence-corrected chi connectivity index (χ1v) is 11.0. The van der Waals surface area contributed by atoms with E-state index in [0.717, 1.165) is 35.4 Å². The van der Waals surface area contributed by atoms with Crippen molar-refractivity contribution in [3.05, 3.63) is 36.2 Å². The predicted octanol–water partition coefficient (Wildman–Crippen LogP) is 4.27. The molecule has 6 heteroatoms. The summed E-state index contributed by atoms with van der Waals surface area (Å²) in [6, 6.07) is 10.6. The minimum absolute atomic E-state index is 0.190. The van der Waals surface area contributed by atoms with Gasteiger partial charge in [-0.3, -0.25) is 9.36 Å². The summed E-state index contributed by atoms with van der Waals surface area (Å²) in [5.74, 6) is 2.94. The van der Waals surface area contributed by atoms with Gasteiger partial charge in [0.15, 0.2) is 5.16 Å².